The molecule has 0 unspecified atom stereocenters. The van der Waals surface area contributed by atoms with Gasteiger partial charge in [0.2, 0.25) is 0 Å². The number of amides is 1. The summed E-state index contributed by atoms with van der Waals surface area (Å²) in [6.07, 6.45) is 0. The zero-order chi connectivity index (χ0) is 18.7. The number of benzene rings is 2. The monoisotopic (exact) mass is 374 g/mol. The minimum Gasteiger partial charge on any atom is -0.380 e. The molecule has 0 aliphatic carbocycles. The minimum absolute atomic E-state index is 0.298. The van der Waals surface area contributed by atoms with Gasteiger partial charge in [-0.25, -0.2) is 13.8 Å². The van der Waals surface area contributed by atoms with E-state index < -0.39 is 11.6 Å². The van der Waals surface area contributed by atoms with Gasteiger partial charge in [0.1, 0.15) is 0 Å². The Bertz CT molecular complexity index is 956. The second-order valence-corrected chi connectivity index (χ2v) is 6.84. The Morgan fingerprint density at radius 2 is 2.00 bits per heavy atom. The molecule has 0 spiro atoms. The van der Waals surface area contributed by atoms with E-state index in [9.17, 15) is 13.6 Å². The second-order valence-electron chi connectivity index (χ2n) is 5.64. The number of carbonyl (C=O) groups excluding carboxylic acids is 1. The number of anilines is 1. The first kappa shape index (κ1) is 18.2. The maximum absolute atomic E-state index is 13.5. The third kappa shape index (κ3) is 3.95. The summed E-state index contributed by atoms with van der Waals surface area (Å²) in [4.78, 5) is 17.6. The lowest BCUT2D eigenvalue weighted by molar-refractivity contribution is 0.102. The molecule has 7 heteroatoms. The third-order valence-electron chi connectivity index (χ3n) is 3.71. The van der Waals surface area contributed by atoms with E-state index in [2.05, 4.69) is 10.3 Å². The zero-order valence-corrected chi connectivity index (χ0v) is 15.0. The zero-order valence-electron chi connectivity index (χ0n) is 14.2. The molecule has 1 N–H and O–H groups in total. The summed E-state index contributed by atoms with van der Waals surface area (Å²) in [6, 6.07) is 10.7. The van der Waals surface area contributed by atoms with Gasteiger partial charge in [0.05, 0.1) is 12.3 Å². The molecule has 2 aromatic carbocycles. The minimum atomic E-state index is -0.935. The summed E-state index contributed by atoms with van der Waals surface area (Å²) in [5, 5.41) is 3.14. The number of hydrogen-bond donors (Lipinski definition) is 1. The molecule has 0 atom stereocenters. The topological polar surface area (TPSA) is 51.2 Å². The summed E-state index contributed by atoms with van der Waals surface area (Å²) >= 11 is 1.27. The van der Waals surface area contributed by atoms with E-state index in [4.69, 9.17) is 4.74 Å². The molecule has 0 bridgehead atoms. The molecule has 4 nitrogen and oxygen atoms in total. The Morgan fingerprint density at radius 1 is 1.19 bits per heavy atom. The third-order valence-corrected chi connectivity index (χ3v) is 4.60. The molecule has 134 valence electrons. The number of thiazole rings is 1. The second kappa shape index (κ2) is 7.72. The molecule has 3 aromatic rings. The van der Waals surface area contributed by atoms with Crippen LogP contribution in [0.15, 0.2) is 42.5 Å². The quantitative estimate of drug-likeness (QED) is 0.698. The highest BCUT2D eigenvalue weighted by atomic mass is 32.1. The molecule has 0 aliphatic rings. The first-order chi connectivity index (χ1) is 12.5. The van der Waals surface area contributed by atoms with Crippen LogP contribution in [0, 0.1) is 18.6 Å². The lowest BCUT2D eigenvalue weighted by Gasteiger charge is -2.04. The van der Waals surface area contributed by atoms with Gasteiger partial charge in [0.15, 0.2) is 16.8 Å². The van der Waals surface area contributed by atoms with Crippen LogP contribution in [0.3, 0.4) is 0 Å². The highest BCUT2D eigenvalue weighted by Crippen LogP contribution is 2.31. The Hall–Kier alpha value is -2.64. The van der Waals surface area contributed by atoms with Crippen molar-refractivity contribution in [2.75, 3.05) is 12.4 Å². The van der Waals surface area contributed by atoms with Gasteiger partial charge in [-0.05, 0) is 42.8 Å². The first-order valence-electron chi connectivity index (χ1n) is 7.80. The highest BCUT2D eigenvalue weighted by Gasteiger charge is 2.15. The molecule has 0 aliphatic heterocycles. The number of halogens is 2. The molecule has 3 rings (SSSR count). The van der Waals surface area contributed by atoms with Crippen LogP contribution in [-0.4, -0.2) is 18.0 Å². The normalized spacial score (nSPS) is 10.8. The number of aromatic nitrogens is 1. The van der Waals surface area contributed by atoms with Crippen LogP contribution in [0.1, 0.15) is 20.8 Å². The molecule has 0 fully saturated rings. The molecular formula is C19H16F2N2O2S. The largest absolute Gasteiger partial charge is 0.380 e. The van der Waals surface area contributed by atoms with Crippen molar-refractivity contribution in [1.82, 2.24) is 4.98 Å². The van der Waals surface area contributed by atoms with Gasteiger partial charge in [-0.3, -0.25) is 10.1 Å². The van der Waals surface area contributed by atoms with Crippen molar-refractivity contribution in [3.8, 4) is 11.3 Å². The average molecular weight is 374 g/mol. The van der Waals surface area contributed by atoms with E-state index >= 15 is 0 Å². The van der Waals surface area contributed by atoms with Crippen LogP contribution in [-0.2, 0) is 11.3 Å². The van der Waals surface area contributed by atoms with Crippen LogP contribution in [0.25, 0.3) is 11.3 Å². The molecule has 1 aromatic heterocycles. The number of methoxy groups -OCH3 is 1. The number of nitrogens with zero attached hydrogens (tertiary/aromatic N) is 1. The predicted octanol–water partition coefficient (Wildman–Crippen LogP) is 4.80. The number of ether oxygens (including phenoxy) is 1. The fourth-order valence-corrected chi connectivity index (χ4v) is 3.33. The molecule has 0 radical (unpaired) electrons. The van der Waals surface area contributed by atoms with E-state index in [1.807, 2.05) is 13.0 Å². The van der Waals surface area contributed by atoms with E-state index in [0.717, 1.165) is 22.6 Å². The van der Waals surface area contributed by atoms with Crippen LogP contribution in [0.5, 0.6) is 0 Å². The highest BCUT2D eigenvalue weighted by molar-refractivity contribution is 7.16. The molecule has 0 saturated heterocycles. The Morgan fingerprint density at radius 3 is 2.73 bits per heavy atom. The lowest BCUT2D eigenvalue weighted by Crippen LogP contribution is -2.12. The van der Waals surface area contributed by atoms with Gasteiger partial charge in [-0.1, -0.05) is 12.1 Å². The molecule has 26 heavy (non-hydrogen) atoms. The predicted molar refractivity (Wildman–Crippen MR) is 97.3 cm³/mol. The van der Waals surface area contributed by atoms with Crippen molar-refractivity contribution in [3.05, 3.63) is 70.1 Å². The summed E-state index contributed by atoms with van der Waals surface area (Å²) < 4.78 is 31.6. The van der Waals surface area contributed by atoms with Crippen LogP contribution >= 0.6 is 11.3 Å². The van der Waals surface area contributed by atoms with Gasteiger partial charge < -0.3 is 4.74 Å². The van der Waals surface area contributed by atoms with Gasteiger partial charge in [0, 0.05) is 23.1 Å². The van der Waals surface area contributed by atoms with Gasteiger partial charge in [-0.15, -0.1) is 11.3 Å². The number of rotatable bonds is 5. The maximum atomic E-state index is 13.5. The van der Waals surface area contributed by atoms with Crippen molar-refractivity contribution in [3.63, 3.8) is 0 Å². The van der Waals surface area contributed by atoms with E-state index in [1.165, 1.54) is 17.4 Å². The van der Waals surface area contributed by atoms with Crippen molar-refractivity contribution < 1.29 is 18.3 Å². The molecule has 0 saturated carbocycles. The summed E-state index contributed by atoms with van der Waals surface area (Å²) in [5.74, 6) is -2.14. The lowest BCUT2D eigenvalue weighted by atomic mass is 10.1. The average Bonchev–Trinajstić information content (AvgIpc) is 2.98. The van der Waals surface area contributed by atoms with Gasteiger partial charge >= 0.3 is 0 Å². The molecular weight excluding hydrogens is 358 g/mol. The number of nitrogens with one attached hydrogen (secondary N) is 1. The summed E-state index contributed by atoms with van der Waals surface area (Å²) in [5.41, 5.74) is 2.34. The van der Waals surface area contributed by atoms with Gasteiger partial charge in [-0.2, -0.15) is 0 Å². The molecule has 1 heterocycles. The van der Waals surface area contributed by atoms with Gasteiger partial charge in [0.25, 0.3) is 5.91 Å². The summed E-state index contributed by atoms with van der Waals surface area (Å²) in [6.45, 7) is 2.22. The fraction of sp³-hybridized carbons (Fsp3) is 0.158. The maximum Gasteiger partial charge on any atom is 0.257 e. The summed E-state index contributed by atoms with van der Waals surface area (Å²) in [7, 11) is 1.59. The number of hydrogen-bond acceptors (Lipinski definition) is 4. The van der Waals surface area contributed by atoms with E-state index in [0.29, 0.717) is 28.6 Å². The SMILES string of the molecule is COCc1cccc(C(=O)Nc2nc(-c3ccc(F)c(F)c3)c(C)s2)c1. The standard InChI is InChI=1S/C19H16F2N2O2S/c1-11-17(13-6-7-15(20)16(21)9-13)22-19(26-11)23-18(24)14-5-3-4-12(8-14)10-25-2/h3-9H,10H2,1-2H3,(H,22,23,24). The van der Waals surface area contributed by atoms with Crippen molar-refractivity contribution in [2.24, 2.45) is 0 Å². The Labute approximate surface area is 153 Å². The first-order valence-corrected chi connectivity index (χ1v) is 8.61. The van der Waals surface area contributed by atoms with E-state index in [-0.39, 0.29) is 5.91 Å². The van der Waals surface area contributed by atoms with Crippen molar-refractivity contribution in [2.45, 2.75) is 13.5 Å². The van der Waals surface area contributed by atoms with Crippen LogP contribution < -0.4 is 5.32 Å². The molecule has 1 amide bonds. The van der Waals surface area contributed by atoms with Crippen LogP contribution in [0.4, 0.5) is 13.9 Å². The fourth-order valence-electron chi connectivity index (χ4n) is 2.50. The Balaban J connectivity index is 1.82. The smallest absolute Gasteiger partial charge is 0.257 e. The number of carbonyl (C=O) groups is 1. The Kier molecular flexibility index (Phi) is 5.39. The van der Waals surface area contributed by atoms with Crippen LogP contribution in [0.2, 0.25) is 0 Å². The van der Waals surface area contributed by atoms with E-state index in [1.54, 1.807) is 25.3 Å². The van der Waals surface area contributed by atoms with Crippen molar-refractivity contribution >= 4 is 22.4 Å². The number of aryl methyl sites for hydroxylation is 1. The van der Waals surface area contributed by atoms with Crippen molar-refractivity contribution in [1.29, 1.82) is 0 Å².